The lowest BCUT2D eigenvalue weighted by atomic mass is 10.2. The number of benzene rings is 1. The highest BCUT2D eigenvalue weighted by molar-refractivity contribution is 6.30. The van der Waals surface area contributed by atoms with Crippen LogP contribution >= 0.6 is 11.6 Å². The normalized spacial score (nSPS) is 10.0. The second-order valence-electron chi connectivity index (χ2n) is 1.85. The molecule has 0 saturated carbocycles. The summed E-state index contributed by atoms with van der Waals surface area (Å²) in [4.78, 5) is 0. The van der Waals surface area contributed by atoms with Gasteiger partial charge in [0, 0.05) is 10.6 Å². The highest BCUT2D eigenvalue weighted by Crippen LogP contribution is 2.17. The third kappa shape index (κ3) is 1.27. The van der Waals surface area contributed by atoms with Crippen molar-refractivity contribution >= 4 is 11.6 Å². The van der Waals surface area contributed by atoms with Gasteiger partial charge in [-0.3, -0.25) is 0 Å². The van der Waals surface area contributed by atoms with Crippen molar-refractivity contribution < 1.29 is 8.78 Å². The lowest BCUT2D eigenvalue weighted by Gasteiger charge is -1.97. The Kier molecular flexibility index (Phi) is 1.90. The van der Waals surface area contributed by atoms with Gasteiger partial charge in [0.2, 0.25) is 0 Å². The van der Waals surface area contributed by atoms with E-state index in [-0.39, 0.29) is 10.6 Å². The molecule has 0 aliphatic heterocycles. The van der Waals surface area contributed by atoms with E-state index in [1.807, 2.05) is 0 Å². The topological polar surface area (TPSA) is 0 Å². The highest BCUT2D eigenvalue weighted by atomic mass is 35.5. The Hall–Kier alpha value is -0.630. The minimum atomic E-state index is -0.718. The summed E-state index contributed by atoms with van der Waals surface area (Å²) in [6.07, 6.45) is 0. The van der Waals surface area contributed by atoms with Gasteiger partial charge in [0.15, 0.2) is 0 Å². The molecule has 0 amide bonds. The fourth-order valence-electron chi connectivity index (χ4n) is 0.572. The first-order chi connectivity index (χ1) is 4.61. The van der Waals surface area contributed by atoms with Gasteiger partial charge in [0.25, 0.3) is 0 Å². The quantitative estimate of drug-likeness (QED) is 0.549. The van der Waals surface area contributed by atoms with E-state index in [2.05, 4.69) is 6.92 Å². The molecule has 53 valence electrons. The SMILES string of the molecule is [CH2]c1c(F)cc(Cl)cc1F. The Morgan fingerprint density at radius 2 is 1.60 bits per heavy atom. The highest BCUT2D eigenvalue weighted by Gasteiger charge is 2.04. The van der Waals surface area contributed by atoms with Crippen molar-refractivity contribution in [2.75, 3.05) is 0 Å². The summed E-state index contributed by atoms with van der Waals surface area (Å²) >= 11 is 5.31. The number of rotatable bonds is 0. The molecule has 3 heteroatoms. The molecule has 0 bridgehead atoms. The van der Waals surface area contributed by atoms with Crippen LogP contribution in [0.1, 0.15) is 5.56 Å². The predicted molar refractivity (Wildman–Crippen MR) is 35.8 cm³/mol. The Labute approximate surface area is 62.4 Å². The van der Waals surface area contributed by atoms with Crippen LogP contribution in [0, 0.1) is 18.6 Å². The van der Waals surface area contributed by atoms with Gasteiger partial charge in [-0.25, -0.2) is 8.78 Å². The Bertz CT molecular complexity index is 235. The fourth-order valence-corrected chi connectivity index (χ4v) is 0.764. The average Bonchev–Trinajstić information content (AvgIpc) is 1.82. The molecule has 0 unspecified atom stereocenters. The molecule has 0 aliphatic rings. The summed E-state index contributed by atoms with van der Waals surface area (Å²) < 4.78 is 24.9. The largest absolute Gasteiger partial charge is 0.207 e. The van der Waals surface area contributed by atoms with E-state index in [1.54, 1.807) is 0 Å². The van der Waals surface area contributed by atoms with Crippen molar-refractivity contribution in [1.29, 1.82) is 0 Å². The molecule has 1 radical (unpaired) electrons. The molecule has 0 aliphatic carbocycles. The van der Waals surface area contributed by atoms with Crippen molar-refractivity contribution in [2.24, 2.45) is 0 Å². The maximum Gasteiger partial charge on any atom is 0.130 e. The van der Waals surface area contributed by atoms with Gasteiger partial charge >= 0.3 is 0 Å². The van der Waals surface area contributed by atoms with Gasteiger partial charge < -0.3 is 0 Å². The van der Waals surface area contributed by atoms with Crippen LogP contribution in [-0.4, -0.2) is 0 Å². The van der Waals surface area contributed by atoms with Crippen molar-refractivity contribution in [3.63, 3.8) is 0 Å². The van der Waals surface area contributed by atoms with Crippen LogP contribution in [0.5, 0.6) is 0 Å². The van der Waals surface area contributed by atoms with Gasteiger partial charge in [-0.15, -0.1) is 0 Å². The van der Waals surface area contributed by atoms with Crippen molar-refractivity contribution in [1.82, 2.24) is 0 Å². The van der Waals surface area contributed by atoms with Gasteiger partial charge in [0.1, 0.15) is 11.6 Å². The molecule has 0 heterocycles. The first-order valence-corrected chi connectivity index (χ1v) is 2.95. The first-order valence-electron chi connectivity index (χ1n) is 2.58. The van der Waals surface area contributed by atoms with Crippen molar-refractivity contribution in [3.05, 3.63) is 41.3 Å². The summed E-state index contributed by atoms with van der Waals surface area (Å²) in [5, 5.41) is 0.0439. The molecule has 0 spiro atoms. The zero-order chi connectivity index (χ0) is 7.72. The van der Waals surface area contributed by atoms with E-state index < -0.39 is 11.6 Å². The average molecular weight is 162 g/mol. The third-order valence-corrected chi connectivity index (χ3v) is 1.32. The molecule has 1 aromatic carbocycles. The second kappa shape index (κ2) is 2.54. The van der Waals surface area contributed by atoms with E-state index in [0.717, 1.165) is 12.1 Å². The summed E-state index contributed by atoms with van der Waals surface area (Å²) in [6.45, 7) is 3.15. The van der Waals surface area contributed by atoms with Crippen LogP contribution in [-0.2, 0) is 0 Å². The standard InChI is InChI=1S/C7H4ClF2/c1-4-6(9)2-5(8)3-7(4)10/h2-3H,1H2. The number of hydrogen-bond acceptors (Lipinski definition) is 0. The molecular weight excluding hydrogens is 158 g/mol. The minimum Gasteiger partial charge on any atom is -0.207 e. The lowest BCUT2D eigenvalue weighted by molar-refractivity contribution is 0.575. The van der Waals surface area contributed by atoms with Crippen LogP contribution in [0.25, 0.3) is 0 Å². The van der Waals surface area contributed by atoms with Crippen molar-refractivity contribution in [3.8, 4) is 0 Å². The van der Waals surface area contributed by atoms with E-state index in [1.165, 1.54) is 0 Å². The first kappa shape index (κ1) is 7.48. The van der Waals surface area contributed by atoms with Gasteiger partial charge in [0.05, 0.1) is 0 Å². The van der Waals surface area contributed by atoms with E-state index in [9.17, 15) is 8.78 Å². The van der Waals surface area contributed by atoms with Crippen LogP contribution in [0.2, 0.25) is 5.02 Å². The zero-order valence-electron chi connectivity index (χ0n) is 5.00. The Balaban J connectivity index is 3.31. The lowest BCUT2D eigenvalue weighted by Crippen LogP contribution is -1.87. The van der Waals surface area contributed by atoms with Crippen LogP contribution in [0.3, 0.4) is 0 Å². The monoisotopic (exact) mass is 161 g/mol. The summed E-state index contributed by atoms with van der Waals surface area (Å²) in [6, 6.07) is 2.04. The summed E-state index contributed by atoms with van der Waals surface area (Å²) in [5.41, 5.74) is -0.246. The Morgan fingerprint density at radius 1 is 1.20 bits per heavy atom. The summed E-state index contributed by atoms with van der Waals surface area (Å²) in [5.74, 6) is -1.44. The molecule has 0 fully saturated rings. The second-order valence-corrected chi connectivity index (χ2v) is 2.28. The Morgan fingerprint density at radius 3 is 2.00 bits per heavy atom. The molecule has 0 nitrogen and oxygen atoms in total. The van der Waals surface area contributed by atoms with Gasteiger partial charge in [-0.05, 0) is 19.1 Å². The predicted octanol–water partition coefficient (Wildman–Crippen LogP) is 2.80. The number of hydrogen-bond donors (Lipinski definition) is 0. The van der Waals surface area contributed by atoms with Gasteiger partial charge in [-0.2, -0.15) is 0 Å². The molecule has 0 atom stereocenters. The van der Waals surface area contributed by atoms with Gasteiger partial charge in [-0.1, -0.05) is 11.6 Å². The molecule has 0 aromatic heterocycles. The molecule has 10 heavy (non-hydrogen) atoms. The molecule has 1 aromatic rings. The molecule has 0 saturated heterocycles. The zero-order valence-corrected chi connectivity index (χ0v) is 5.75. The van der Waals surface area contributed by atoms with Crippen LogP contribution < -0.4 is 0 Å². The van der Waals surface area contributed by atoms with Crippen LogP contribution in [0.15, 0.2) is 12.1 Å². The summed E-state index contributed by atoms with van der Waals surface area (Å²) in [7, 11) is 0. The molecular formula is C7H4ClF2. The maximum atomic E-state index is 12.5. The fraction of sp³-hybridized carbons (Fsp3) is 0. The van der Waals surface area contributed by atoms with E-state index in [0.29, 0.717) is 0 Å². The minimum absolute atomic E-state index is 0.0439. The molecule has 0 N–H and O–H groups in total. The molecule has 1 rings (SSSR count). The van der Waals surface area contributed by atoms with Crippen molar-refractivity contribution in [2.45, 2.75) is 0 Å². The smallest absolute Gasteiger partial charge is 0.130 e. The maximum absolute atomic E-state index is 12.5. The van der Waals surface area contributed by atoms with Crippen LogP contribution in [0.4, 0.5) is 8.78 Å². The van der Waals surface area contributed by atoms with E-state index >= 15 is 0 Å². The van der Waals surface area contributed by atoms with E-state index in [4.69, 9.17) is 11.6 Å². The number of halogens is 3. The third-order valence-electron chi connectivity index (χ3n) is 1.11.